The third-order valence-corrected chi connectivity index (χ3v) is 4.54. The molecule has 7 heteroatoms. The van der Waals surface area contributed by atoms with Crippen molar-refractivity contribution in [2.45, 2.75) is 18.6 Å². The average Bonchev–Trinajstić information content (AvgIpc) is 2.66. The lowest BCUT2D eigenvalue weighted by atomic mass is 10.3. The quantitative estimate of drug-likeness (QED) is 0.868. The van der Waals surface area contributed by atoms with Crippen LogP contribution in [0.1, 0.15) is 13.3 Å². The van der Waals surface area contributed by atoms with E-state index in [9.17, 15) is 14.0 Å². The van der Waals surface area contributed by atoms with E-state index >= 15 is 0 Å². The first-order chi connectivity index (χ1) is 9.51. The largest absolute Gasteiger partial charge is 0.324 e. The Hall–Kier alpha value is -1.47. The van der Waals surface area contributed by atoms with Gasteiger partial charge < -0.3 is 5.32 Å². The lowest BCUT2D eigenvalue weighted by Gasteiger charge is -2.15. The minimum absolute atomic E-state index is 0.141. The predicted octanol–water partition coefficient (Wildman–Crippen LogP) is 2.40. The fourth-order valence-electron chi connectivity index (χ4n) is 1.81. The Morgan fingerprint density at radius 2 is 2.30 bits per heavy atom. The van der Waals surface area contributed by atoms with Crippen molar-refractivity contribution in [3.63, 3.8) is 0 Å². The van der Waals surface area contributed by atoms with Crippen LogP contribution in [0, 0.1) is 5.82 Å². The van der Waals surface area contributed by atoms with Crippen LogP contribution in [0.4, 0.5) is 10.1 Å². The van der Waals surface area contributed by atoms with Gasteiger partial charge in [0.25, 0.3) is 0 Å². The molecule has 1 N–H and O–H groups in total. The standard InChI is InChI=1S/C13H13FN2O2S2/c1-2-10-12(18)16(13(19)20-10)7-11(17)15-9-5-3-4-8(14)6-9/h3-6,10H,2,7H2,1H3,(H,15,17). The summed E-state index contributed by atoms with van der Waals surface area (Å²) in [5.41, 5.74) is 0.354. The number of carbonyl (C=O) groups is 2. The molecule has 1 saturated heterocycles. The molecule has 2 rings (SSSR count). The minimum atomic E-state index is -0.433. The van der Waals surface area contributed by atoms with Gasteiger partial charge in [0.1, 0.15) is 16.7 Å². The first-order valence-electron chi connectivity index (χ1n) is 6.08. The van der Waals surface area contributed by atoms with Gasteiger partial charge in [0.05, 0.1) is 5.25 Å². The fourth-order valence-corrected chi connectivity index (χ4v) is 3.23. The van der Waals surface area contributed by atoms with Crippen LogP contribution in [-0.2, 0) is 9.59 Å². The van der Waals surface area contributed by atoms with Gasteiger partial charge in [-0.05, 0) is 24.6 Å². The molecule has 4 nitrogen and oxygen atoms in total. The third kappa shape index (κ3) is 3.34. The highest BCUT2D eigenvalue weighted by molar-refractivity contribution is 8.24. The maximum absolute atomic E-state index is 13.0. The number of benzene rings is 1. The number of halogens is 1. The molecule has 1 fully saturated rings. The molecule has 0 saturated carbocycles. The van der Waals surface area contributed by atoms with Crippen LogP contribution in [0.3, 0.4) is 0 Å². The van der Waals surface area contributed by atoms with Crippen LogP contribution in [0.15, 0.2) is 24.3 Å². The molecule has 106 valence electrons. The molecule has 2 amide bonds. The summed E-state index contributed by atoms with van der Waals surface area (Å²) in [5.74, 6) is -0.974. The predicted molar refractivity (Wildman–Crippen MR) is 81.0 cm³/mol. The zero-order chi connectivity index (χ0) is 14.7. The van der Waals surface area contributed by atoms with Crippen LogP contribution in [0.25, 0.3) is 0 Å². The molecule has 1 atom stereocenters. The number of anilines is 1. The number of amides is 2. The highest BCUT2D eigenvalue weighted by atomic mass is 32.2. The highest BCUT2D eigenvalue weighted by Gasteiger charge is 2.36. The maximum Gasteiger partial charge on any atom is 0.244 e. The zero-order valence-corrected chi connectivity index (χ0v) is 12.4. The van der Waals surface area contributed by atoms with Crippen molar-refractivity contribution in [3.8, 4) is 0 Å². The second-order valence-corrected chi connectivity index (χ2v) is 6.10. The van der Waals surface area contributed by atoms with Gasteiger partial charge in [-0.25, -0.2) is 4.39 Å². The molecule has 1 aliphatic rings. The van der Waals surface area contributed by atoms with E-state index < -0.39 is 11.7 Å². The average molecular weight is 312 g/mol. The topological polar surface area (TPSA) is 49.4 Å². The van der Waals surface area contributed by atoms with Crippen molar-refractivity contribution in [2.75, 3.05) is 11.9 Å². The second-order valence-electron chi connectivity index (χ2n) is 4.26. The number of thiocarbonyl (C=S) groups is 1. The molecular formula is C13H13FN2O2S2. The van der Waals surface area contributed by atoms with E-state index in [4.69, 9.17) is 12.2 Å². The molecule has 1 aromatic carbocycles. The number of hydrogen-bond acceptors (Lipinski definition) is 4. The number of thioether (sulfide) groups is 1. The summed E-state index contributed by atoms with van der Waals surface area (Å²) in [4.78, 5) is 25.1. The first kappa shape index (κ1) is 14.9. The molecule has 20 heavy (non-hydrogen) atoms. The first-order valence-corrected chi connectivity index (χ1v) is 7.37. The molecule has 0 aliphatic carbocycles. The van der Waals surface area contributed by atoms with E-state index in [0.717, 1.165) is 0 Å². The molecule has 0 spiro atoms. The molecule has 0 aromatic heterocycles. The zero-order valence-electron chi connectivity index (χ0n) is 10.8. The van der Waals surface area contributed by atoms with Crippen LogP contribution in [0.2, 0.25) is 0 Å². The van der Waals surface area contributed by atoms with Gasteiger partial charge in [0.15, 0.2) is 0 Å². The van der Waals surface area contributed by atoms with Crippen molar-refractivity contribution in [1.29, 1.82) is 0 Å². The van der Waals surface area contributed by atoms with E-state index in [0.29, 0.717) is 16.4 Å². The summed E-state index contributed by atoms with van der Waals surface area (Å²) >= 11 is 6.39. The second kappa shape index (κ2) is 6.32. The number of nitrogens with one attached hydrogen (secondary N) is 1. The van der Waals surface area contributed by atoms with Crippen molar-refractivity contribution >= 4 is 45.8 Å². The van der Waals surface area contributed by atoms with Gasteiger partial charge in [-0.2, -0.15) is 0 Å². The summed E-state index contributed by atoms with van der Waals surface area (Å²) in [6.07, 6.45) is 0.672. The van der Waals surface area contributed by atoms with E-state index in [1.54, 1.807) is 6.07 Å². The number of rotatable bonds is 4. The van der Waals surface area contributed by atoms with Crippen LogP contribution in [-0.4, -0.2) is 32.8 Å². The highest BCUT2D eigenvalue weighted by Crippen LogP contribution is 2.29. The number of hydrogen-bond donors (Lipinski definition) is 1. The number of carbonyl (C=O) groups excluding carboxylic acids is 2. The Morgan fingerprint density at radius 3 is 2.90 bits per heavy atom. The summed E-state index contributed by atoms with van der Waals surface area (Å²) in [5, 5.41) is 2.34. The molecule has 0 bridgehead atoms. The van der Waals surface area contributed by atoms with Crippen molar-refractivity contribution < 1.29 is 14.0 Å². The van der Waals surface area contributed by atoms with Gasteiger partial charge in [0.2, 0.25) is 11.8 Å². The Labute approximate surface area is 125 Å². The van der Waals surface area contributed by atoms with E-state index in [-0.39, 0.29) is 17.7 Å². The lowest BCUT2D eigenvalue weighted by Crippen LogP contribution is -2.38. The SMILES string of the molecule is CCC1SC(=S)N(CC(=O)Nc2cccc(F)c2)C1=O. The van der Waals surface area contributed by atoms with Gasteiger partial charge >= 0.3 is 0 Å². The normalized spacial score (nSPS) is 18.5. The van der Waals surface area contributed by atoms with Crippen molar-refractivity contribution in [1.82, 2.24) is 4.90 Å². The molecule has 1 aromatic rings. The van der Waals surface area contributed by atoms with Crippen LogP contribution < -0.4 is 5.32 Å². The van der Waals surface area contributed by atoms with Gasteiger partial charge in [-0.1, -0.05) is 37.0 Å². The maximum atomic E-state index is 13.0. The third-order valence-electron chi connectivity index (χ3n) is 2.79. The Balaban J connectivity index is 1.98. The smallest absolute Gasteiger partial charge is 0.244 e. The summed E-state index contributed by atoms with van der Waals surface area (Å²) < 4.78 is 13.4. The van der Waals surface area contributed by atoms with Crippen LogP contribution in [0.5, 0.6) is 0 Å². The Kier molecular flexibility index (Phi) is 4.72. The Morgan fingerprint density at radius 1 is 1.55 bits per heavy atom. The van der Waals surface area contributed by atoms with Crippen molar-refractivity contribution in [3.05, 3.63) is 30.1 Å². The van der Waals surface area contributed by atoms with Gasteiger partial charge in [-0.15, -0.1) is 0 Å². The summed E-state index contributed by atoms with van der Waals surface area (Å²) in [6.45, 7) is 1.76. The molecule has 1 aliphatic heterocycles. The van der Waals surface area contributed by atoms with E-state index in [2.05, 4.69) is 5.32 Å². The van der Waals surface area contributed by atoms with Gasteiger partial charge in [0, 0.05) is 5.69 Å². The molecular weight excluding hydrogens is 299 g/mol. The Bertz CT molecular complexity index is 565. The number of nitrogens with zero attached hydrogens (tertiary/aromatic N) is 1. The molecule has 0 radical (unpaired) electrons. The minimum Gasteiger partial charge on any atom is -0.324 e. The summed E-state index contributed by atoms with van der Waals surface area (Å²) in [7, 11) is 0. The lowest BCUT2D eigenvalue weighted by molar-refractivity contribution is -0.129. The van der Waals surface area contributed by atoms with E-state index in [1.165, 1.54) is 34.9 Å². The monoisotopic (exact) mass is 312 g/mol. The van der Waals surface area contributed by atoms with E-state index in [1.807, 2.05) is 6.92 Å². The summed E-state index contributed by atoms with van der Waals surface area (Å²) in [6, 6.07) is 5.58. The molecule has 1 unspecified atom stereocenters. The molecule has 1 heterocycles. The fraction of sp³-hybridized carbons (Fsp3) is 0.308. The van der Waals surface area contributed by atoms with Crippen LogP contribution >= 0.6 is 24.0 Å². The van der Waals surface area contributed by atoms with Gasteiger partial charge in [-0.3, -0.25) is 14.5 Å². The van der Waals surface area contributed by atoms with Crippen molar-refractivity contribution in [2.24, 2.45) is 0 Å².